The van der Waals surface area contributed by atoms with Gasteiger partial charge in [0.2, 0.25) is 6.04 Å². The third-order valence-electron chi connectivity index (χ3n) is 3.89. The summed E-state index contributed by atoms with van der Waals surface area (Å²) in [5, 5.41) is 15.7. The quantitative estimate of drug-likeness (QED) is 0.474. The summed E-state index contributed by atoms with van der Waals surface area (Å²) in [5.74, 6) is -3.06. The number of nitrogens with two attached hydrogens (primary N) is 1. The van der Waals surface area contributed by atoms with Gasteiger partial charge < -0.3 is 25.6 Å². The fraction of sp³-hybridized carbons (Fsp3) is 0.588. The lowest BCUT2D eigenvalue weighted by Gasteiger charge is -2.24. The van der Waals surface area contributed by atoms with E-state index in [9.17, 15) is 24.0 Å². The van der Waals surface area contributed by atoms with Gasteiger partial charge in [0.1, 0.15) is 5.60 Å². The highest BCUT2D eigenvalue weighted by Gasteiger charge is 2.31. The van der Waals surface area contributed by atoms with Gasteiger partial charge in [0.05, 0.1) is 6.04 Å². The summed E-state index contributed by atoms with van der Waals surface area (Å²) in [4.78, 5) is 58.4. The van der Waals surface area contributed by atoms with Crippen molar-refractivity contribution in [3.8, 4) is 0 Å². The molecular weight excluding hydrogens is 388 g/mol. The molecule has 1 aliphatic rings. The molecule has 12 nitrogen and oxygen atoms in total. The minimum atomic E-state index is -1.80. The van der Waals surface area contributed by atoms with Crippen LogP contribution in [0.25, 0.3) is 0 Å². The number of aliphatic carboxylic acids is 2. The van der Waals surface area contributed by atoms with Crippen LogP contribution in [0.2, 0.25) is 0 Å². The van der Waals surface area contributed by atoms with Crippen molar-refractivity contribution in [2.45, 2.75) is 51.8 Å². The molecule has 5 N–H and O–H groups in total. The number of carboxylic acids is 2. The van der Waals surface area contributed by atoms with Crippen LogP contribution in [0.15, 0.2) is 15.8 Å². The first-order valence-corrected chi connectivity index (χ1v) is 8.74. The minimum absolute atomic E-state index is 0.138. The Kier molecular flexibility index (Phi) is 7.71. The number of aromatic nitrogens is 2. The molecule has 1 aromatic heterocycles. The standard InChI is InChI=1S/C14H21N3O4.C3H5NO4/c1-9-7-17(12(19)15-11(9)18)10-5-6-16(8-10)13(20)21-14(2,3)4;4-1(2(5)6)3(7)8/h7,10H,5-6,8H2,1-4H3,(H,15,18,19);1H,4H2,(H,5,6)(H,7,8)/t10-;/m1./s1. The molecule has 1 aromatic rings. The molecular formula is C17H26N4O8. The monoisotopic (exact) mass is 414 g/mol. The number of aryl methyl sites for hydroxylation is 1. The van der Waals surface area contributed by atoms with Gasteiger partial charge in [-0.3, -0.25) is 14.3 Å². The molecule has 1 amide bonds. The van der Waals surface area contributed by atoms with Crippen molar-refractivity contribution in [3.05, 3.63) is 32.6 Å². The predicted octanol–water partition coefficient (Wildman–Crippen LogP) is -0.490. The number of hydrogen-bond donors (Lipinski definition) is 4. The average molecular weight is 414 g/mol. The molecule has 1 saturated heterocycles. The summed E-state index contributed by atoms with van der Waals surface area (Å²) >= 11 is 0. The number of hydrogen-bond acceptors (Lipinski definition) is 7. The Morgan fingerprint density at radius 1 is 1.24 bits per heavy atom. The van der Waals surface area contributed by atoms with Gasteiger partial charge in [0.25, 0.3) is 5.56 Å². The van der Waals surface area contributed by atoms with Crippen LogP contribution in [0.4, 0.5) is 4.79 Å². The third kappa shape index (κ3) is 7.07. The summed E-state index contributed by atoms with van der Waals surface area (Å²) in [5.41, 5.74) is 3.68. The van der Waals surface area contributed by atoms with Gasteiger partial charge in [0, 0.05) is 24.8 Å². The first-order chi connectivity index (χ1) is 13.2. The molecule has 0 spiro atoms. The van der Waals surface area contributed by atoms with E-state index in [0.29, 0.717) is 25.1 Å². The molecule has 1 aliphatic heterocycles. The number of carbonyl (C=O) groups excluding carboxylic acids is 1. The molecule has 12 heteroatoms. The highest BCUT2D eigenvalue weighted by Crippen LogP contribution is 2.22. The number of carboxylic acid groups (broad SMARTS) is 2. The molecule has 1 atom stereocenters. The van der Waals surface area contributed by atoms with Crippen molar-refractivity contribution >= 4 is 18.0 Å². The Hall–Kier alpha value is -3.15. The van der Waals surface area contributed by atoms with Crippen molar-refractivity contribution in [3.63, 3.8) is 0 Å². The minimum Gasteiger partial charge on any atom is -0.480 e. The Morgan fingerprint density at radius 2 is 1.79 bits per heavy atom. The zero-order valence-electron chi connectivity index (χ0n) is 16.7. The molecule has 0 saturated carbocycles. The highest BCUT2D eigenvalue weighted by atomic mass is 16.6. The lowest BCUT2D eigenvalue weighted by Crippen LogP contribution is -2.38. The Balaban J connectivity index is 0.000000447. The van der Waals surface area contributed by atoms with Crippen LogP contribution in [0.3, 0.4) is 0 Å². The number of aromatic amines is 1. The van der Waals surface area contributed by atoms with E-state index in [0.717, 1.165) is 0 Å². The number of H-pyrrole nitrogens is 1. The van der Waals surface area contributed by atoms with E-state index in [-0.39, 0.29) is 17.7 Å². The van der Waals surface area contributed by atoms with Gasteiger partial charge in [-0.1, -0.05) is 0 Å². The number of ether oxygens (including phenoxy) is 1. The van der Waals surface area contributed by atoms with Crippen molar-refractivity contribution in [1.82, 2.24) is 14.5 Å². The van der Waals surface area contributed by atoms with E-state index < -0.39 is 29.3 Å². The van der Waals surface area contributed by atoms with Crippen LogP contribution in [0.5, 0.6) is 0 Å². The van der Waals surface area contributed by atoms with Crippen LogP contribution >= 0.6 is 0 Å². The Labute approximate surface area is 165 Å². The second-order valence-corrected chi connectivity index (χ2v) is 7.50. The van der Waals surface area contributed by atoms with E-state index in [1.165, 1.54) is 4.57 Å². The maximum atomic E-state index is 12.0. The lowest BCUT2D eigenvalue weighted by atomic mass is 10.2. The first kappa shape index (κ1) is 23.9. The molecule has 2 heterocycles. The van der Waals surface area contributed by atoms with E-state index >= 15 is 0 Å². The SMILES string of the molecule is Cc1cn([C@@H]2CCN(C(=O)OC(C)(C)C)C2)c(=O)[nH]c1=O.NC(C(=O)O)C(=O)O. The fourth-order valence-electron chi connectivity index (χ4n) is 2.42. The number of rotatable bonds is 3. The summed E-state index contributed by atoms with van der Waals surface area (Å²) in [6.07, 6.45) is 1.83. The van der Waals surface area contributed by atoms with Gasteiger partial charge in [-0.25, -0.2) is 19.2 Å². The van der Waals surface area contributed by atoms with Crippen LogP contribution in [-0.4, -0.2) is 67.4 Å². The Bertz CT molecular complexity index is 869. The smallest absolute Gasteiger partial charge is 0.410 e. The van der Waals surface area contributed by atoms with Crippen molar-refractivity contribution < 1.29 is 29.3 Å². The first-order valence-electron chi connectivity index (χ1n) is 8.74. The Morgan fingerprint density at radius 3 is 2.24 bits per heavy atom. The lowest BCUT2D eigenvalue weighted by molar-refractivity contribution is -0.149. The maximum Gasteiger partial charge on any atom is 0.410 e. The van der Waals surface area contributed by atoms with Gasteiger partial charge >= 0.3 is 23.7 Å². The molecule has 1 fully saturated rings. The topological polar surface area (TPSA) is 185 Å². The average Bonchev–Trinajstić information content (AvgIpc) is 3.06. The molecule has 0 aromatic carbocycles. The summed E-state index contributed by atoms with van der Waals surface area (Å²) in [6, 6.07) is -1.93. The van der Waals surface area contributed by atoms with E-state index in [1.54, 1.807) is 18.0 Å². The number of nitrogens with one attached hydrogen (secondary N) is 1. The second-order valence-electron chi connectivity index (χ2n) is 7.50. The number of amides is 1. The van der Waals surface area contributed by atoms with Crippen molar-refractivity contribution in [1.29, 1.82) is 0 Å². The van der Waals surface area contributed by atoms with Gasteiger partial charge in [-0.2, -0.15) is 0 Å². The zero-order chi connectivity index (χ0) is 22.5. The molecule has 162 valence electrons. The van der Waals surface area contributed by atoms with Crippen LogP contribution < -0.4 is 17.0 Å². The molecule has 0 radical (unpaired) electrons. The number of carbonyl (C=O) groups is 3. The second kappa shape index (κ2) is 9.37. The molecule has 0 bridgehead atoms. The predicted molar refractivity (Wildman–Crippen MR) is 101 cm³/mol. The highest BCUT2D eigenvalue weighted by molar-refractivity contribution is 5.96. The maximum absolute atomic E-state index is 12.0. The summed E-state index contributed by atoms with van der Waals surface area (Å²) < 4.78 is 6.81. The number of likely N-dealkylation sites (tertiary alicyclic amines) is 1. The van der Waals surface area contributed by atoms with E-state index in [2.05, 4.69) is 10.7 Å². The molecule has 0 aliphatic carbocycles. The zero-order valence-corrected chi connectivity index (χ0v) is 16.7. The van der Waals surface area contributed by atoms with Crippen molar-refractivity contribution in [2.75, 3.05) is 13.1 Å². The van der Waals surface area contributed by atoms with Gasteiger partial charge in [0.15, 0.2) is 0 Å². The van der Waals surface area contributed by atoms with Crippen LogP contribution in [-0.2, 0) is 14.3 Å². The third-order valence-corrected chi connectivity index (χ3v) is 3.89. The molecule has 2 rings (SSSR count). The normalized spacial score (nSPS) is 16.2. The molecule has 29 heavy (non-hydrogen) atoms. The van der Waals surface area contributed by atoms with Crippen LogP contribution in [0.1, 0.15) is 38.8 Å². The van der Waals surface area contributed by atoms with E-state index in [1.807, 2.05) is 20.8 Å². The molecule has 0 unspecified atom stereocenters. The summed E-state index contributed by atoms with van der Waals surface area (Å²) in [7, 11) is 0. The van der Waals surface area contributed by atoms with Gasteiger partial charge in [-0.05, 0) is 34.1 Å². The van der Waals surface area contributed by atoms with E-state index in [4.69, 9.17) is 14.9 Å². The summed E-state index contributed by atoms with van der Waals surface area (Å²) in [6.45, 7) is 8.02. The largest absolute Gasteiger partial charge is 0.480 e. The number of nitrogens with zero attached hydrogens (tertiary/aromatic N) is 2. The fourth-order valence-corrected chi connectivity index (χ4v) is 2.42. The van der Waals surface area contributed by atoms with Crippen molar-refractivity contribution in [2.24, 2.45) is 5.73 Å². The van der Waals surface area contributed by atoms with Crippen LogP contribution in [0, 0.1) is 6.92 Å². The van der Waals surface area contributed by atoms with Gasteiger partial charge in [-0.15, -0.1) is 0 Å².